The monoisotopic (exact) mass is 462 g/mol. The number of esters is 2. The van der Waals surface area contributed by atoms with Gasteiger partial charge in [-0.05, 0) is 6.42 Å². The van der Waals surface area contributed by atoms with Crippen LogP contribution in [0.2, 0.25) is 0 Å². The highest BCUT2D eigenvalue weighted by atomic mass is 79.9. The predicted molar refractivity (Wildman–Crippen MR) is 120 cm³/mol. The summed E-state index contributed by atoms with van der Waals surface area (Å²) in [4.78, 5) is 22.6. The van der Waals surface area contributed by atoms with Crippen molar-refractivity contribution in [3.63, 3.8) is 0 Å². The van der Waals surface area contributed by atoms with Crippen molar-refractivity contribution in [1.82, 2.24) is 0 Å². The molecule has 0 rings (SSSR count). The highest BCUT2D eigenvalue weighted by Gasteiger charge is 2.13. The summed E-state index contributed by atoms with van der Waals surface area (Å²) in [6, 6.07) is 0. The lowest BCUT2D eigenvalue weighted by molar-refractivity contribution is -0.156. The van der Waals surface area contributed by atoms with Gasteiger partial charge in [0.25, 0.3) is 0 Å². The molecule has 0 aliphatic carbocycles. The van der Waals surface area contributed by atoms with Gasteiger partial charge in [0.2, 0.25) is 0 Å². The van der Waals surface area contributed by atoms with Crippen LogP contribution in [0, 0.1) is 0 Å². The van der Waals surface area contributed by atoms with Crippen molar-refractivity contribution in [2.24, 2.45) is 0 Å². The van der Waals surface area contributed by atoms with Crippen LogP contribution in [0.5, 0.6) is 0 Å². The molecule has 0 aliphatic heterocycles. The van der Waals surface area contributed by atoms with Gasteiger partial charge in [0.15, 0.2) is 0 Å². The predicted octanol–water partition coefficient (Wildman–Crippen LogP) is 7.12. The highest BCUT2D eigenvalue weighted by molar-refractivity contribution is 9.09. The molecular formula is C23H43BrO4. The smallest absolute Gasteiger partial charge is 0.305 e. The van der Waals surface area contributed by atoms with E-state index >= 15 is 0 Å². The van der Waals surface area contributed by atoms with Crippen LogP contribution < -0.4 is 0 Å². The number of unbranched alkanes of at least 4 members (excludes halogenated alkanes) is 14. The third-order valence-corrected chi connectivity index (χ3v) is 5.64. The molecule has 0 aromatic carbocycles. The molecule has 28 heavy (non-hydrogen) atoms. The molecule has 0 aliphatic rings. The lowest BCUT2D eigenvalue weighted by Crippen LogP contribution is -2.25. The Morgan fingerprint density at radius 2 is 1.18 bits per heavy atom. The van der Waals surface area contributed by atoms with Crippen molar-refractivity contribution >= 4 is 27.9 Å². The van der Waals surface area contributed by atoms with Gasteiger partial charge in [-0.3, -0.25) is 9.59 Å². The number of hydrogen-bond donors (Lipinski definition) is 0. The average molecular weight is 463 g/mol. The maximum atomic E-state index is 11.7. The van der Waals surface area contributed by atoms with Crippen LogP contribution in [0.3, 0.4) is 0 Å². The molecule has 166 valence electrons. The Balaban J connectivity index is 3.30. The van der Waals surface area contributed by atoms with Crippen LogP contribution in [0.1, 0.15) is 117 Å². The van der Waals surface area contributed by atoms with E-state index in [2.05, 4.69) is 22.9 Å². The maximum absolute atomic E-state index is 11.7. The van der Waals surface area contributed by atoms with Gasteiger partial charge in [0.05, 0.1) is 0 Å². The number of hydrogen-bond acceptors (Lipinski definition) is 4. The molecule has 0 N–H and O–H groups in total. The third-order valence-electron chi connectivity index (χ3n) is 4.92. The fourth-order valence-electron chi connectivity index (χ4n) is 3.24. The van der Waals surface area contributed by atoms with Crippen molar-refractivity contribution in [3.05, 3.63) is 0 Å². The van der Waals surface area contributed by atoms with E-state index in [4.69, 9.17) is 9.47 Å². The van der Waals surface area contributed by atoms with Crippen LogP contribution in [0.4, 0.5) is 0 Å². The molecule has 0 aromatic rings. The normalized spacial score (nSPS) is 12.0. The minimum absolute atomic E-state index is 0.127. The van der Waals surface area contributed by atoms with E-state index < -0.39 is 6.10 Å². The van der Waals surface area contributed by atoms with Crippen LogP contribution in [0.25, 0.3) is 0 Å². The second-order valence-corrected chi connectivity index (χ2v) is 8.42. The fraction of sp³-hybridized carbons (Fsp3) is 0.913. The summed E-state index contributed by atoms with van der Waals surface area (Å²) in [6.07, 6.45) is 19.7. The van der Waals surface area contributed by atoms with Crippen LogP contribution in [0.15, 0.2) is 0 Å². The van der Waals surface area contributed by atoms with Crippen molar-refractivity contribution in [2.75, 3.05) is 11.9 Å². The van der Waals surface area contributed by atoms with Gasteiger partial charge in [-0.15, -0.1) is 0 Å². The average Bonchev–Trinajstić information content (AvgIpc) is 2.67. The summed E-state index contributed by atoms with van der Waals surface area (Å²) < 4.78 is 10.2. The van der Waals surface area contributed by atoms with Gasteiger partial charge < -0.3 is 9.47 Å². The highest BCUT2D eigenvalue weighted by Crippen LogP contribution is 2.14. The minimum Gasteiger partial charge on any atom is -0.462 e. The molecule has 0 bridgehead atoms. The van der Waals surface area contributed by atoms with Crippen molar-refractivity contribution in [3.8, 4) is 0 Å². The van der Waals surface area contributed by atoms with Crippen LogP contribution >= 0.6 is 15.9 Å². The first kappa shape index (κ1) is 27.4. The molecule has 1 atom stereocenters. The molecule has 0 spiro atoms. The Labute approximate surface area is 181 Å². The molecule has 0 saturated heterocycles. The zero-order chi connectivity index (χ0) is 20.9. The molecule has 5 heteroatoms. The number of rotatable bonds is 20. The summed E-state index contributed by atoms with van der Waals surface area (Å²) in [6.45, 7) is 3.75. The summed E-state index contributed by atoms with van der Waals surface area (Å²) in [5.74, 6) is -0.560. The molecular weight excluding hydrogens is 420 g/mol. The Morgan fingerprint density at radius 1 is 0.750 bits per heavy atom. The number of ether oxygens (including phenoxy) is 2. The second-order valence-electron chi connectivity index (χ2n) is 7.77. The maximum Gasteiger partial charge on any atom is 0.305 e. The van der Waals surface area contributed by atoms with Crippen LogP contribution in [-0.4, -0.2) is 30.0 Å². The number of halogens is 1. The lowest BCUT2D eigenvalue weighted by atomic mass is 10.0. The number of alkyl halides is 1. The first-order valence-electron chi connectivity index (χ1n) is 11.5. The van der Waals surface area contributed by atoms with Gasteiger partial charge in [-0.1, -0.05) is 113 Å². The molecule has 0 amide bonds. The first-order valence-corrected chi connectivity index (χ1v) is 12.6. The lowest BCUT2D eigenvalue weighted by Gasteiger charge is -2.14. The molecule has 0 radical (unpaired) electrons. The largest absolute Gasteiger partial charge is 0.462 e. The molecule has 0 aromatic heterocycles. The minimum atomic E-state index is -0.400. The van der Waals surface area contributed by atoms with Gasteiger partial charge in [0.1, 0.15) is 12.7 Å². The van der Waals surface area contributed by atoms with E-state index in [1.165, 1.54) is 90.4 Å². The Kier molecular flexibility index (Phi) is 20.7. The second kappa shape index (κ2) is 21.1. The Bertz CT molecular complexity index is 374. The summed E-state index contributed by atoms with van der Waals surface area (Å²) in [5.41, 5.74) is 0. The van der Waals surface area contributed by atoms with E-state index in [1.54, 1.807) is 0 Å². The first-order chi connectivity index (χ1) is 13.6. The zero-order valence-electron chi connectivity index (χ0n) is 18.3. The Hall–Kier alpha value is -0.580. The number of carbonyl (C=O) groups excluding carboxylic acids is 2. The van der Waals surface area contributed by atoms with Crippen molar-refractivity contribution in [2.45, 2.75) is 123 Å². The topological polar surface area (TPSA) is 52.6 Å². The van der Waals surface area contributed by atoms with Gasteiger partial charge in [0, 0.05) is 18.7 Å². The van der Waals surface area contributed by atoms with E-state index in [9.17, 15) is 9.59 Å². The van der Waals surface area contributed by atoms with Crippen molar-refractivity contribution < 1.29 is 19.1 Å². The SMILES string of the molecule is CCCCCCCCCCCCCCCCCC(=O)OC[C@@H](CBr)OC(C)=O. The molecule has 0 saturated carbocycles. The molecule has 0 heterocycles. The van der Waals surface area contributed by atoms with Crippen molar-refractivity contribution in [1.29, 1.82) is 0 Å². The Morgan fingerprint density at radius 3 is 1.57 bits per heavy atom. The van der Waals surface area contributed by atoms with E-state index in [0.717, 1.165) is 12.8 Å². The number of carbonyl (C=O) groups is 2. The zero-order valence-corrected chi connectivity index (χ0v) is 19.9. The third kappa shape index (κ3) is 20.2. The fourth-order valence-corrected chi connectivity index (χ4v) is 3.56. The quantitative estimate of drug-likeness (QED) is 0.110. The van der Waals surface area contributed by atoms with Crippen LogP contribution in [-0.2, 0) is 19.1 Å². The van der Waals surface area contributed by atoms with Gasteiger partial charge in [-0.25, -0.2) is 0 Å². The van der Waals surface area contributed by atoms with E-state index in [-0.39, 0.29) is 18.5 Å². The molecule has 0 unspecified atom stereocenters. The summed E-state index contributed by atoms with van der Waals surface area (Å²) >= 11 is 3.25. The molecule has 0 fully saturated rings. The van der Waals surface area contributed by atoms with Gasteiger partial charge >= 0.3 is 11.9 Å². The molecule has 4 nitrogen and oxygen atoms in total. The summed E-state index contributed by atoms with van der Waals surface area (Å²) in [5, 5.41) is 0.471. The van der Waals surface area contributed by atoms with Gasteiger partial charge in [-0.2, -0.15) is 0 Å². The standard InChI is InChI=1S/C23H43BrO4/c1-3-4-5-6-7-8-9-10-11-12-13-14-15-16-17-18-23(26)27-20-22(19-24)28-21(2)25/h22H,3-20H2,1-2H3/t22-/m1/s1. The van der Waals surface area contributed by atoms with E-state index in [1.807, 2.05) is 0 Å². The van der Waals surface area contributed by atoms with E-state index in [0.29, 0.717) is 11.8 Å². The summed E-state index contributed by atoms with van der Waals surface area (Å²) in [7, 11) is 0.